The average Bonchev–Trinajstić information content (AvgIpc) is 3.55. The van der Waals surface area contributed by atoms with E-state index in [1.54, 1.807) is 30.3 Å². The van der Waals surface area contributed by atoms with Crippen LogP contribution in [0.15, 0.2) is 97.1 Å². The molecule has 3 heterocycles. The summed E-state index contributed by atoms with van der Waals surface area (Å²) in [6.45, 7) is 0. The van der Waals surface area contributed by atoms with Crippen LogP contribution >= 0.6 is 0 Å². The maximum absolute atomic E-state index is 15.1. The Morgan fingerprint density at radius 2 is 1.64 bits per heavy atom. The molecule has 10 nitrogen and oxygen atoms in total. The maximum Gasteiger partial charge on any atom is 0.269 e. The van der Waals surface area contributed by atoms with E-state index < -0.39 is 45.8 Å². The van der Waals surface area contributed by atoms with Gasteiger partial charge in [-0.25, -0.2) is 0 Å². The summed E-state index contributed by atoms with van der Waals surface area (Å²) in [7, 11) is 2.93. The average molecular weight is 602 g/mol. The second-order valence-electron chi connectivity index (χ2n) is 11.2. The number of ketones is 2. The Morgan fingerprint density at radius 3 is 2.38 bits per heavy atom. The zero-order valence-corrected chi connectivity index (χ0v) is 24.3. The number of nitrogens with zero attached hydrogens (tertiary/aromatic N) is 2. The molecule has 0 saturated carbocycles. The minimum Gasteiger partial charge on any atom is -0.497 e. The first-order chi connectivity index (χ1) is 21.8. The molecule has 4 aromatic carbocycles. The number of rotatable bonds is 7. The second-order valence-corrected chi connectivity index (χ2v) is 11.2. The molecule has 7 rings (SSSR count). The number of nitro benzene ring substituents is 1. The number of nitrogens with one attached hydrogen (secondary N) is 1. The highest BCUT2D eigenvalue weighted by atomic mass is 16.6. The van der Waals surface area contributed by atoms with E-state index in [2.05, 4.69) is 5.32 Å². The number of amides is 1. The molecule has 45 heavy (non-hydrogen) atoms. The number of fused-ring (bicyclic) bond motifs is 6. The largest absolute Gasteiger partial charge is 0.497 e. The fourth-order valence-electron chi connectivity index (χ4n) is 7.21. The zero-order valence-electron chi connectivity index (χ0n) is 24.3. The predicted molar refractivity (Wildman–Crippen MR) is 167 cm³/mol. The molecule has 1 fully saturated rings. The number of hydrogen-bond donors (Lipinski definition) is 1. The minimum atomic E-state index is -1.52. The molecule has 224 valence electrons. The van der Waals surface area contributed by atoms with E-state index in [4.69, 9.17) is 9.47 Å². The summed E-state index contributed by atoms with van der Waals surface area (Å²) in [4.78, 5) is 57.2. The summed E-state index contributed by atoms with van der Waals surface area (Å²) in [6.07, 6.45) is 3.80. The van der Waals surface area contributed by atoms with Crippen LogP contribution in [-0.2, 0) is 10.2 Å². The number of nitro groups is 1. The summed E-state index contributed by atoms with van der Waals surface area (Å²) >= 11 is 0. The molecule has 4 atom stereocenters. The lowest BCUT2D eigenvalue weighted by Gasteiger charge is -2.37. The van der Waals surface area contributed by atoms with E-state index in [0.717, 1.165) is 5.56 Å². The quantitative estimate of drug-likeness (QED) is 0.168. The van der Waals surface area contributed by atoms with E-state index in [-0.39, 0.29) is 22.6 Å². The van der Waals surface area contributed by atoms with Crippen LogP contribution in [0.2, 0.25) is 0 Å². The van der Waals surface area contributed by atoms with Crippen molar-refractivity contribution in [2.24, 2.45) is 5.92 Å². The van der Waals surface area contributed by atoms with Crippen LogP contribution in [0.1, 0.15) is 31.8 Å². The molecule has 0 aromatic heterocycles. The van der Waals surface area contributed by atoms with Crippen molar-refractivity contribution in [3.05, 3.63) is 129 Å². The van der Waals surface area contributed by atoms with Gasteiger partial charge in [-0.1, -0.05) is 48.6 Å². The van der Waals surface area contributed by atoms with Crippen LogP contribution in [0.3, 0.4) is 0 Å². The summed E-state index contributed by atoms with van der Waals surface area (Å²) in [6, 6.07) is 23.0. The Labute approximate surface area is 258 Å². The van der Waals surface area contributed by atoms with Gasteiger partial charge in [0.25, 0.3) is 5.69 Å². The van der Waals surface area contributed by atoms with Crippen molar-refractivity contribution >= 4 is 40.6 Å². The SMILES string of the molecule is COc1ccc(OC)c(C(=O)[C@@H]2[C@H](C(=O)c3ccc([N+](=O)[O-])cc3)N3c4ccccc4C=C[C@H]3[C@@]23C(=O)Nc2ccccc23)c1. The lowest BCUT2D eigenvalue weighted by Crippen LogP contribution is -2.51. The standard InChI is InChI=1S/C35H27N3O7/c1-44-23-16-17-28(45-2)24(19-23)33(40)30-31(32(39)21-11-14-22(15-12-21)38(42)43)37-27-10-6-3-7-20(27)13-18-29(37)35(30)25-8-4-5-9-26(25)36-34(35)41/h3-19,29-31H,1-2H3,(H,36,41)/t29-,30-,31+,35+/m0/s1. The van der Waals surface area contributed by atoms with E-state index >= 15 is 4.79 Å². The fraction of sp³-hybridized carbons (Fsp3) is 0.171. The van der Waals surface area contributed by atoms with Crippen molar-refractivity contribution in [1.29, 1.82) is 0 Å². The van der Waals surface area contributed by atoms with Gasteiger partial charge in [0.1, 0.15) is 23.0 Å². The molecule has 0 bridgehead atoms. The molecule has 4 aromatic rings. The molecule has 0 unspecified atom stereocenters. The molecule has 3 aliphatic heterocycles. The van der Waals surface area contributed by atoms with Gasteiger partial charge < -0.3 is 19.7 Å². The van der Waals surface area contributed by atoms with Gasteiger partial charge in [-0.05, 0) is 53.6 Å². The van der Waals surface area contributed by atoms with E-state index in [1.807, 2.05) is 53.5 Å². The van der Waals surface area contributed by atoms with Gasteiger partial charge in [-0.3, -0.25) is 24.5 Å². The van der Waals surface area contributed by atoms with Crippen LogP contribution in [0.5, 0.6) is 11.5 Å². The molecule has 3 aliphatic rings. The summed E-state index contributed by atoms with van der Waals surface area (Å²) < 4.78 is 11.1. The van der Waals surface area contributed by atoms with Crippen molar-refractivity contribution in [2.45, 2.75) is 17.5 Å². The Bertz CT molecular complexity index is 1940. The topological polar surface area (TPSA) is 128 Å². The summed E-state index contributed by atoms with van der Waals surface area (Å²) in [5, 5.41) is 14.4. The number of ether oxygens (including phenoxy) is 2. The highest BCUT2D eigenvalue weighted by Crippen LogP contribution is 2.58. The molecule has 1 amide bonds. The van der Waals surface area contributed by atoms with Gasteiger partial charge in [-0.15, -0.1) is 0 Å². The number of hydrogen-bond acceptors (Lipinski definition) is 8. The number of Topliss-reactive ketones (excluding diaryl/α,β-unsaturated/α-hetero) is 2. The lowest BCUT2D eigenvalue weighted by atomic mass is 9.64. The number of benzene rings is 4. The molecule has 1 N–H and O–H groups in total. The Hall–Kier alpha value is -5.77. The first-order valence-electron chi connectivity index (χ1n) is 14.3. The summed E-state index contributed by atoms with van der Waals surface area (Å²) in [5.41, 5.74) is 1.33. The number of non-ortho nitro benzene ring substituents is 1. The highest BCUT2D eigenvalue weighted by Gasteiger charge is 2.70. The molecule has 10 heteroatoms. The third kappa shape index (κ3) is 3.98. The van der Waals surface area contributed by atoms with E-state index in [0.29, 0.717) is 22.7 Å². The number of carbonyl (C=O) groups is 3. The van der Waals surface area contributed by atoms with Gasteiger partial charge in [0.15, 0.2) is 11.6 Å². The molecular formula is C35H27N3O7. The molecule has 1 saturated heterocycles. The molecule has 0 aliphatic carbocycles. The molecule has 0 radical (unpaired) electrons. The normalized spacial score (nSPS) is 22.3. The zero-order chi connectivity index (χ0) is 31.5. The number of para-hydroxylation sites is 2. The van der Waals surface area contributed by atoms with Crippen molar-refractivity contribution in [1.82, 2.24) is 0 Å². The summed E-state index contributed by atoms with van der Waals surface area (Å²) in [5.74, 6) is -1.89. The van der Waals surface area contributed by atoms with Gasteiger partial charge in [0, 0.05) is 29.1 Å². The maximum atomic E-state index is 15.1. The third-order valence-corrected chi connectivity index (χ3v) is 9.13. The van der Waals surface area contributed by atoms with Gasteiger partial charge in [0.05, 0.1) is 36.7 Å². The first-order valence-corrected chi connectivity index (χ1v) is 14.3. The first kappa shape index (κ1) is 28.0. The molecular weight excluding hydrogens is 574 g/mol. The Morgan fingerprint density at radius 1 is 0.911 bits per heavy atom. The van der Waals surface area contributed by atoms with Gasteiger partial charge in [-0.2, -0.15) is 0 Å². The Kier molecular flexibility index (Phi) is 6.50. The minimum absolute atomic E-state index is 0.164. The van der Waals surface area contributed by atoms with Crippen LogP contribution in [0.25, 0.3) is 6.08 Å². The second kappa shape index (κ2) is 10.4. The third-order valence-electron chi connectivity index (χ3n) is 9.13. The van der Waals surface area contributed by atoms with Crippen LogP contribution in [0.4, 0.5) is 17.1 Å². The van der Waals surface area contributed by atoms with Crippen molar-refractivity contribution in [3.8, 4) is 11.5 Å². The monoisotopic (exact) mass is 601 g/mol. The Balaban J connectivity index is 1.53. The number of carbonyl (C=O) groups excluding carboxylic acids is 3. The molecule has 1 spiro atoms. The van der Waals surface area contributed by atoms with E-state index in [1.165, 1.54) is 38.5 Å². The van der Waals surface area contributed by atoms with Crippen LogP contribution < -0.4 is 19.7 Å². The van der Waals surface area contributed by atoms with E-state index in [9.17, 15) is 19.7 Å². The van der Waals surface area contributed by atoms with Crippen molar-refractivity contribution < 1.29 is 28.8 Å². The van der Waals surface area contributed by atoms with Crippen molar-refractivity contribution in [3.63, 3.8) is 0 Å². The fourth-order valence-corrected chi connectivity index (χ4v) is 7.21. The van der Waals surface area contributed by atoms with Gasteiger partial charge in [0.2, 0.25) is 5.91 Å². The van der Waals surface area contributed by atoms with Crippen LogP contribution in [-0.4, -0.2) is 48.7 Å². The number of anilines is 2. The van der Waals surface area contributed by atoms with Crippen molar-refractivity contribution in [2.75, 3.05) is 24.4 Å². The predicted octanol–water partition coefficient (Wildman–Crippen LogP) is 5.47. The van der Waals surface area contributed by atoms with Crippen LogP contribution in [0, 0.1) is 16.0 Å². The highest BCUT2D eigenvalue weighted by molar-refractivity contribution is 6.19. The number of methoxy groups -OCH3 is 2. The lowest BCUT2D eigenvalue weighted by molar-refractivity contribution is -0.384. The van der Waals surface area contributed by atoms with Gasteiger partial charge >= 0.3 is 0 Å². The smallest absolute Gasteiger partial charge is 0.269 e.